The summed E-state index contributed by atoms with van der Waals surface area (Å²) in [4.78, 5) is 11.9. The number of carbonyl (C=O) groups is 1. The molecule has 0 fully saturated rings. The summed E-state index contributed by atoms with van der Waals surface area (Å²) in [6.45, 7) is 0.0480. The largest absolute Gasteiger partial charge is 0.459 e. The van der Waals surface area contributed by atoms with Crippen LogP contribution < -0.4 is 10.0 Å². The maximum Gasteiger partial charge on any atom is 0.291 e. The smallest absolute Gasteiger partial charge is 0.291 e. The van der Waals surface area contributed by atoms with Crippen molar-refractivity contribution in [1.29, 1.82) is 5.26 Å². The van der Waals surface area contributed by atoms with Gasteiger partial charge in [-0.3, -0.25) is 4.79 Å². The number of nitrogens with one attached hydrogen (secondary N) is 2. The molecule has 28 heavy (non-hydrogen) atoms. The van der Waals surface area contributed by atoms with Gasteiger partial charge in [-0.15, -0.1) is 0 Å². The molecule has 2 N–H and O–H groups in total. The third-order valence-corrected chi connectivity index (χ3v) is 5.51. The van der Waals surface area contributed by atoms with Crippen molar-refractivity contribution in [2.24, 2.45) is 0 Å². The standard InChI is InChI=1S/C19H14ClN3O4S/c20-17-10-16(8-5-14(17)11-21)28(25,26)22-12-13-3-6-15(7-4-13)23-19(24)18-2-1-9-27-18/h1-10,22H,12H2,(H,23,24). The average Bonchev–Trinajstić information content (AvgIpc) is 3.22. The van der Waals surface area contributed by atoms with Crippen molar-refractivity contribution in [2.75, 3.05) is 5.32 Å². The van der Waals surface area contributed by atoms with Gasteiger partial charge in [0.2, 0.25) is 10.0 Å². The molecule has 1 heterocycles. The van der Waals surface area contributed by atoms with Crippen LogP contribution in [0.15, 0.2) is 70.2 Å². The fourth-order valence-corrected chi connectivity index (χ4v) is 3.65. The first-order valence-corrected chi connectivity index (χ1v) is 9.88. The van der Waals surface area contributed by atoms with Crippen molar-refractivity contribution in [2.45, 2.75) is 11.4 Å². The molecule has 0 saturated heterocycles. The van der Waals surface area contributed by atoms with E-state index in [-0.39, 0.29) is 33.7 Å². The number of furan rings is 1. The molecule has 0 aliphatic carbocycles. The maximum atomic E-state index is 12.4. The number of amides is 1. The number of nitrogens with zero attached hydrogens (tertiary/aromatic N) is 1. The first-order chi connectivity index (χ1) is 13.4. The molecule has 9 heteroatoms. The molecule has 0 atom stereocenters. The molecule has 142 valence electrons. The number of nitriles is 1. The zero-order valence-electron chi connectivity index (χ0n) is 14.3. The number of hydrogen-bond donors (Lipinski definition) is 2. The predicted molar refractivity (Wildman–Crippen MR) is 103 cm³/mol. The Hall–Kier alpha value is -3.12. The van der Waals surface area contributed by atoms with Crippen molar-refractivity contribution in [1.82, 2.24) is 4.72 Å². The lowest BCUT2D eigenvalue weighted by Gasteiger charge is -2.09. The van der Waals surface area contributed by atoms with E-state index in [0.29, 0.717) is 11.3 Å². The quantitative estimate of drug-likeness (QED) is 0.639. The van der Waals surface area contributed by atoms with Crippen molar-refractivity contribution in [3.8, 4) is 6.07 Å². The SMILES string of the molecule is N#Cc1ccc(S(=O)(=O)NCc2ccc(NC(=O)c3ccco3)cc2)cc1Cl. The van der Waals surface area contributed by atoms with Crippen LogP contribution in [-0.2, 0) is 16.6 Å². The van der Waals surface area contributed by atoms with E-state index >= 15 is 0 Å². The lowest BCUT2D eigenvalue weighted by Crippen LogP contribution is -2.23. The van der Waals surface area contributed by atoms with Crippen molar-refractivity contribution < 1.29 is 17.6 Å². The summed E-state index contributed by atoms with van der Waals surface area (Å²) in [5.74, 6) is -0.186. The number of halogens is 1. The zero-order valence-corrected chi connectivity index (χ0v) is 15.9. The highest BCUT2D eigenvalue weighted by atomic mass is 35.5. The van der Waals surface area contributed by atoms with Crippen LogP contribution in [0.3, 0.4) is 0 Å². The predicted octanol–water partition coefficient (Wildman–Crippen LogP) is 3.54. The average molecular weight is 416 g/mol. The highest BCUT2D eigenvalue weighted by Crippen LogP contribution is 2.20. The zero-order chi connectivity index (χ0) is 20.1. The monoisotopic (exact) mass is 415 g/mol. The van der Waals surface area contributed by atoms with Crippen LogP contribution in [0.5, 0.6) is 0 Å². The second-order valence-corrected chi connectivity index (χ2v) is 7.88. The number of carbonyl (C=O) groups excluding carboxylic acids is 1. The van der Waals surface area contributed by atoms with Gasteiger partial charge < -0.3 is 9.73 Å². The van der Waals surface area contributed by atoms with Crippen molar-refractivity contribution in [3.05, 3.63) is 82.8 Å². The first kappa shape index (κ1) is 19.6. The van der Waals surface area contributed by atoms with Gasteiger partial charge in [0, 0.05) is 12.2 Å². The summed E-state index contributed by atoms with van der Waals surface area (Å²) >= 11 is 5.89. The second kappa shape index (κ2) is 8.27. The molecule has 2 aromatic carbocycles. The lowest BCUT2D eigenvalue weighted by atomic mass is 10.2. The number of anilines is 1. The summed E-state index contributed by atoms with van der Waals surface area (Å²) < 4.78 is 32.2. The van der Waals surface area contributed by atoms with E-state index in [9.17, 15) is 13.2 Å². The van der Waals surface area contributed by atoms with E-state index in [1.807, 2.05) is 6.07 Å². The fourth-order valence-electron chi connectivity index (χ4n) is 2.32. The van der Waals surface area contributed by atoms with Gasteiger partial charge in [-0.1, -0.05) is 23.7 Å². The van der Waals surface area contributed by atoms with Gasteiger partial charge >= 0.3 is 0 Å². The third-order valence-electron chi connectivity index (χ3n) is 3.79. The van der Waals surface area contributed by atoms with Gasteiger partial charge in [0.25, 0.3) is 5.91 Å². The summed E-state index contributed by atoms with van der Waals surface area (Å²) in [6, 6.07) is 15.6. The van der Waals surface area contributed by atoms with Crippen LogP contribution in [0.2, 0.25) is 5.02 Å². The summed E-state index contributed by atoms with van der Waals surface area (Å²) in [5.41, 5.74) is 1.44. The van der Waals surface area contributed by atoms with E-state index in [0.717, 1.165) is 0 Å². The summed E-state index contributed by atoms with van der Waals surface area (Å²) in [7, 11) is -3.79. The van der Waals surface area contributed by atoms with E-state index < -0.39 is 10.0 Å². The number of benzene rings is 2. The minimum atomic E-state index is -3.79. The molecular weight excluding hydrogens is 402 g/mol. The normalized spacial score (nSPS) is 11.0. The highest BCUT2D eigenvalue weighted by molar-refractivity contribution is 7.89. The minimum absolute atomic E-state index is 0.0289. The van der Waals surface area contributed by atoms with Gasteiger partial charge in [0.05, 0.1) is 21.7 Å². The first-order valence-electron chi connectivity index (χ1n) is 8.02. The number of sulfonamides is 1. The molecule has 0 saturated carbocycles. The Morgan fingerprint density at radius 1 is 1.14 bits per heavy atom. The van der Waals surface area contributed by atoms with Crippen LogP contribution >= 0.6 is 11.6 Å². The Morgan fingerprint density at radius 2 is 1.89 bits per heavy atom. The van der Waals surface area contributed by atoms with Gasteiger partial charge in [-0.2, -0.15) is 5.26 Å². The molecule has 0 bridgehead atoms. The molecule has 0 aliphatic heterocycles. The minimum Gasteiger partial charge on any atom is -0.459 e. The van der Waals surface area contributed by atoms with Crippen LogP contribution in [0.4, 0.5) is 5.69 Å². The molecule has 3 aromatic rings. The molecule has 0 spiro atoms. The van der Waals surface area contributed by atoms with Gasteiger partial charge in [-0.25, -0.2) is 13.1 Å². The van der Waals surface area contributed by atoms with Gasteiger partial charge in [0.15, 0.2) is 5.76 Å². The number of rotatable bonds is 6. The van der Waals surface area contributed by atoms with Gasteiger partial charge in [0.1, 0.15) is 6.07 Å². The van der Waals surface area contributed by atoms with Crippen molar-refractivity contribution in [3.63, 3.8) is 0 Å². The molecule has 1 amide bonds. The third kappa shape index (κ3) is 4.58. The Kier molecular flexibility index (Phi) is 5.80. The van der Waals surface area contributed by atoms with E-state index in [2.05, 4.69) is 10.0 Å². The van der Waals surface area contributed by atoms with Crippen LogP contribution in [0, 0.1) is 11.3 Å². The van der Waals surface area contributed by atoms with E-state index in [1.54, 1.807) is 36.4 Å². The lowest BCUT2D eigenvalue weighted by molar-refractivity contribution is 0.0996. The molecule has 0 unspecified atom stereocenters. The molecule has 7 nitrogen and oxygen atoms in total. The van der Waals surface area contributed by atoms with Crippen LogP contribution in [0.1, 0.15) is 21.7 Å². The van der Waals surface area contributed by atoms with E-state index in [1.165, 1.54) is 24.5 Å². The molecule has 3 rings (SSSR count). The topological polar surface area (TPSA) is 112 Å². The van der Waals surface area contributed by atoms with Gasteiger partial charge in [-0.05, 0) is 48.0 Å². The van der Waals surface area contributed by atoms with Crippen molar-refractivity contribution >= 4 is 33.2 Å². The molecule has 0 aliphatic rings. The maximum absolute atomic E-state index is 12.4. The fraction of sp³-hybridized carbons (Fsp3) is 0.0526. The Bertz CT molecular complexity index is 1130. The summed E-state index contributed by atoms with van der Waals surface area (Å²) in [6.07, 6.45) is 1.41. The molecule has 0 radical (unpaired) electrons. The Morgan fingerprint density at radius 3 is 2.50 bits per heavy atom. The van der Waals surface area contributed by atoms with E-state index in [4.69, 9.17) is 21.3 Å². The Labute approximate surface area is 166 Å². The molecule has 1 aromatic heterocycles. The Balaban J connectivity index is 1.63. The number of hydrogen-bond acceptors (Lipinski definition) is 5. The van der Waals surface area contributed by atoms with Crippen LogP contribution in [-0.4, -0.2) is 14.3 Å². The second-order valence-electron chi connectivity index (χ2n) is 5.71. The highest BCUT2D eigenvalue weighted by Gasteiger charge is 2.15. The molecular formula is C19H14ClN3O4S. The van der Waals surface area contributed by atoms with Crippen LogP contribution in [0.25, 0.3) is 0 Å². The summed E-state index contributed by atoms with van der Waals surface area (Å²) in [5, 5.41) is 11.6.